The molecule has 2 rings (SSSR count). The Morgan fingerprint density at radius 2 is 2.33 bits per heavy atom. The number of aromatic nitrogens is 2. The molecule has 0 amide bonds. The fourth-order valence-corrected chi connectivity index (χ4v) is 1.49. The van der Waals surface area contributed by atoms with E-state index in [-0.39, 0.29) is 11.6 Å². The normalized spacial score (nSPS) is 10.5. The number of pyridine rings is 1. The number of carboxylic acid groups (broad SMARTS) is 1. The number of carboxylic acids is 1. The summed E-state index contributed by atoms with van der Waals surface area (Å²) in [5.41, 5.74) is 0.448. The lowest BCUT2D eigenvalue weighted by Gasteiger charge is -1.98. The largest absolute Gasteiger partial charge is 0.479 e. The highest BCUT2D eigenvalue weighted by Gasteiger charge is 2.19. The molecule has 0 aliphatic heterocycles. The second kappa shape index (κ2) is 3.43. The van der Waals surface area contributed by atoms with Crippen molar-refractivity contribution in [1.82, 2.24) is 9.38 Å². The van der Waals surface area contributed by atoms with Crippen molar-refractivity contribution in [1.29, 1.82) is 0 Å². The third kappa shape index (κ3) is 1.50. The molecule has 0 saturated heterocycles. The Balaban J connectivity index is 2.82. The van der Waals surface area contributed by atoms with Crippen LogP contribution >= 0.6 is 11.6 Å². The van der Waals surface area contributed by atoms with Crippen molar-refractivity contribution in [3.05, 3.63) is 29.0 Å². The summed E-state index contributed by atoms with van der Waals surface area (Å²) in [6.07, 6.45) is 1.48. The summed E-state index contributed by atoms with van der Waals surface area (Å²) >= 11 is 5.77. The first-order valence-electron chi connectivity index (χ1n) is 4.08. The Kier molecular flexibility index (Phi) is 2.24. The molecule has 0 fully saturated rings. The highest BCUT2D eigenvalue weighted by Crippen LogP contribution is 2.21. The van der Waals surface area contributed by atoms with Gasteiger partial charge >= 0.3 is 5.97 Å². The van der Waals surface area contributed by atoms with Crippen LogP contribution in [0.4, 0.5) is 0 Å². The number of aromatic carboxylic acids is 1. The van der Waals surface area contributed by atoms with Gasteiger partial charge in [0.15, 0.2) is 5.69 Å². The average Bonchev–Trinajstić information content (AvgIpc) is 2.55. The van der Waals surface area contributed by atoms with E-state index in [1.54, 1.807) is 12.1 Å². The number of rotatable bonds is 2. The number of imidazole rings is 1. The molecule has 5 nitrogen and oxygen atoms in total. The van der Waals surface area contributed by atoms with Crippen molar-refractivity contribution in [2.75, 3.05) is 7.11 Å². The monoisotopic (exact) mass is 226 g/mol. The number of hydrogen-bond donors (Lipinski definition) is 1. The van der Waals surface area contributed by atoms with Crippen molar-refractivity contribution in [2.45, 2.75) is 0 Å². The average molecular weight is 227 g/mol. The van der Waals surface area contributed by atoms with E-state index in [1.807, 2.05) is 0 Å². The van der Waals surface area contributed by atoms with Gasteiger partial charge in [0, 0.05) is 6.20 Å². The molecule has 2 aromatic heterocycles. The zero-order chi connectivity index (χ0) is 11.0. The molecule has 6 heteroatoms. The van der Waals surface area contributed by atoms with E-state index < -0.39 is 5.97 Å². The first-order valence-corrected chi connectivity index (χ1v) is 4.46. The number of carbonyl (C=O) groups is 1. The smallest absolute Gasteiger partial charge is 0.358 e. The minimum Gasteiger partial charge on any atom is -0.479 e. The SMILES string of the molecule is COc1nc2ccc(Cl)cn2c1C(=O)O. The van der Waals surface area contributed by atoms with Gasteiger partial charge in [-0.05, 0) is 12.1 Å². The molecule has 0 bridgehead atoms. The van der Waals surface area contributed by atoms with Crippen LogP contribution in [-0.2, 0) is 0 Å². The number of hydrogen-bond acceptors (Lipinski definition) is 3. The molecule has 0 aromatic carbocycles. The molecule has 2 aromatic rings. The first-order chi connectivity index (χ1) is 7.13. The summed E-state index contributed by atoms with van der Waals surface area (Å²) in [5.74, 6) is -1.04. The second-order valence-corrected chi connectivity index (χ2v) is 3.29. The van der Waals surface area contributed by atoms with Gasteiger partial charge in [0.1, 0.15) is 5.65 Å². The van der Waals surface area contributed by atoms with E-state index in [0.29, 0.717) is 10.7 Å². The van der Waals surface area contributed by atoms with E-state index in [0.717, 1.165) is 0 Å². The van der Waals surface area contributed by atoms with Crippen LogP contribution in [0, 0.1) is 0 Å². The molecule has 2 heterocycles. The molecule has 0 saturated carbocycles. The molecule has 0 radical (unpaired) electrons. The van der Waals surface area contributed by atoms with Gasteiger partial charge in [0.25, 0.3) is 0 Å². The molecule has 1 N–H and O–H groups in total. The molecule has 0 unspecified atom stereocenters. The molecule has 0 aliphatic carbocycles. The van der Waals surface area contributed by atoms with Gasteiger partial charge in [-0.15, -0.1) is 0 Å². The predicted molar refractivity (Wildman–Crippen MR) is 53.7 cm³/mol. The van der Waals surface area contributed by atoms with Crippen LogP contribution in [-0.4, -0.2) is 27.6 Å². The minimum absolute atomic E-state index is 0.0324. The molecule has 15 heavy (non-hydrogen) atoms. The Morgan fingerprint density at radius 1 is 1.60 bits per heavy atom. The summed E-state index contributed by atoms with van der Waals surface area (Å²) in [7, 11) is 1.37. The van der Waals surface area contributed by atoms with Crippen LogP contribution in [0.25, 0.3) is 5.65 Å². The lowest BCUT2D eigenvalue weighted by molar-refractivity contribution is 0.0685. The summed E-state index contributed by atoms with van der Waals surface area (Å²) in [6, 6.07) is 3.26. The summed E-state index contributed by atoms with van der Waals surface area (Å²) < 4.78 is 6.25. The van der Waals surface area contributed by atoms with Crippen LogP contribution in [0.1, 0.15) is 10.5 Å². The first kappa shape index (κ1) is 9.79. The Hall–Kier alpha value is -1.75. The maximum absolute atomic E-state index is 11.0. The molecule has 0 aliphatic rings. The van der Waals surface area contributed by atoms with Crippen molar-refractivity contribution >= 4 is 23.2 Å². The topological polar surface area (TPSA) is 63.8 Å². The Labute approximate surface area is 89.9 Å². The summed E-state index contributed by atoms with van der Waals surface area (Å²) in [6.45, 7) is 0. The highest BCUT2D eigenvalue weighted by molar-refractivity contribution is 6.30. The lowest BCUT2D eigenvalue weighted by atomic mass is 10.4. The standard InChI is InChI=1S/C9H7ClN2O3/c1-15-8-7(9(13)14)12-4-5(10)2-3-6(12)11-8/h2-4H,1H3,(H,13,14). The fraction of sp³-hybridized carbons (Fsp3) is 0.111. The van der Waals surface area contributed by atoms with Crippen LogP contribution in [0.5, 0.6) is 5.88 Å². The Morgan fingerprint density at radius 3 is 2.93 bits per heavy atom. The van der Waals surface area contributed by atoms with Gasteiger partial charge in [-0.25, -0.2) is 4.79 Å². The third-order valence-corrected chi connectivity index (χ3v) is 2.17. The number of ether oxygens (including phenoxy) is 1. The molecule has 78 valence electrons. The van der Waals surface area contributed by atoms with Crippen molar-refractivity contribution < 1.29 is 14.6 Å². The van der Waals surface area contributed by atoms with Crippen LogP contribution in [0.15, 0.2) is 18.3 Å². The molecular weight excluding hydrogens is 220 g/mol. The third-order valence-electron chi connectivity index (χ3n) is 1.95. The number of fused-ring (bicyclic) bond motifs is 1. The maximum Gasteiger partial charge on any atom is 0.358 e. The van der Waals surface area contributed by atoms with E-state index in [2.05, 4.69) is 4.98 Å². The van der Waals surface area contributed by atoms with Gasteiger partial charge < -0.3 is 9.84 Å². The second-order valence-electron chi connectivity index (χ2n) is 2.85. The van der Waals surface area contributed by atoms with Crippen LogP contribution in [0.2, 0.25) is 5.02 Å². The van der Waals surface area contributed by atoms with E-state index >= 15 is 0 Å². The highest BCUT2D eigenvalue weighted by atomic mass is 35.5. The summed E-state index contributed by atoms with van der Waals surface area (Å²) in [5, 5.41) is 9.43. The summed E-state index contributed by atoms with van der Waals surface area (Å²) in [4.78, 5) is 15.0. The van der Waals surface area contributed by atoms with E-state index in [4.69, 9.17) is 21.4 Å². The lowest BCUT2D eigenvalue weighted by Crippen LogP contribution is -2.03. The minimum atomic E-state index is -1.11. The van der Waals surface area contributed by atoms with Crippen molar-refractivity contribution in [2.24, 2.45) is 0 Å². The van der Waals surface area contributed by atoms with Gasteiger partial charge in [0.05, 0.1) is 12.1 Å². The van der Waals surface area contributed by atoms with E-state index in [9.17, 15) is 4.79 Å². The number of nitrogens with zero attached hydrogens (tertiary/aromatic N) is 2. The molecule has 0 atom stereocenters. The van der Waals surface area contributed by atoms with Gasteiger partial charge in [-0.1, -0.05) is 11.6 Å². The zero-order valence-corrected chi connectivity index (χ0v) is 8.52. The fourth-order valence-electron chi connectivity index (χ4n) is 1.33. The maximum atomic E-state index is 11.0. The van der Waals surface area contributed by atoms with Gasteiger partial charge in [0.2, 0.25) is 5.88 Å². The predicted octanol–water partition coefficient (Wildman–Crippen LogP) is 1.69. The van der Waals surface area contributed by atoms with Crippen LogP contribution < -0.4 is 4.74 Å². The van der Waals surface area contributed by atoms with Gasteiger partial charge in [-0.2, -0.15) is 4.98 Å². The van der Waals surface area contributed by atoms with Crippen molar-refractivity contribution in [3.63, 3.8) is 0 Å². The van der Waals surface area contributed by atoms with E-state index in [1.165, 1.54) is 17.7 Å². The van der Waals surface area contributed by atoms with Crippen LogP contribution in [0.3, 0.4) is 0 Å². The quantitative estimate of drug-likeness (QED) is 0.847. The molecule has 0 spiro atoms. The zero-order valence-electron chi connectivity index (χ0n) is 7.77. The molecular formula is C9H7ClN2O3. The Bertz CT molecular complexity index is 535. The number of halogens is 1. The van der Waals surface area contributed by atoms with Crippen molar-refractivity contribution in [3.8, 4) is 5.88 Å². The number of methoxy groups -OCH3 is 1. The van der Waals surface area contributed by atoms with Gasteiger partial charge in [-0.3, -0.25) is 4.40 Å².